The standard InChI is InChI=1S/C26H29ClF3NO3/c27-21-10-4-17(5-11-21)16-31-13-2-1-3-18(12-14-31)24(33)22-15-23(32)34-25(22)19-6-8-20(9-7-19)26(28,29)30/h4-11,18,22-23,25,32H,1-3,12-16H2/t18?,22-,23?,25-/m1/s1. The second-order valence-electron chi connectivity index (χ2n) is 9.26. The molecule has 4 rings (SSSR count). The number of halogens is 4. The third-order valence-electron chi connectivity index (χ3n) is 6.85. The minimum atomic E-state index is -4.43. The molecule has 2 aliphatic heterocycles. The number of likely N-dealkylation sites (tertiary alicyclic amines) is 1. The zero-order valence-electron chi connectivity index (χ0n) is 18.8. The SMILES string of the molecule is O=C(C1CCCCN(Cc2ccc(Cl)cc2)CC1)[C@H]1CC(O)O[C@@H]1c1ccc(C(F)(F)F)cc1. The highest BCUT2D eigenvalue weighted by atomic mass is 35.5. The number of Topliss-reactive ketones (excluding diaryl/α,β-unsaturated/α-hetero) is 1. The Labute approximate surface area is 202 Å². The molecule has 4 atom stereocenters. The average Bonchev–Trinajstić information content (AvgIpc) is 3.18. The lowest BCUT2D eigenvalue weighted by Gasteiger charge is -2.30. The van der Waals surface area contributed by atoms with E-state index in [4.69, 9.17) is 16.3 Å². The van der Waals surface area contributed by atoms with Crippen molar-refractivity contribution < 1.29 is 27.8 Å². The van der Waals surface area contributed by atoms with Gasteiger partial charge in [-0.25, -0.2) is 0 Å². The zero-order valence-corrected chi connectivity index (χ0v) is 19.6. The van der Waals surface area contributed by atoms with Crippen LogP contribution in [0.1, 0.15) is 54.9 Å². The van der Waals surface area contributed by atoms with E-state index in [0.717, 1.165) is 51.0 Å². The first kappa shape index (κ1) is 25.2. The summed E-state index contributed by atoms with van der Waals surface area (Å²) in [4.78, 5) is 15.9. The summed E-state index contributed by atoms with van der Waals surface area (Å²) in [5.74, 6) is -0.695. The summed E-state index contributed by atoms with van der Waals surface area (Å²) in [7, 11) is 0. The van der Waals surface area contributed by atoms with Crippen molar-refractivity contribution in [2.24, 2.45) is 11.8 Å². The molecule has 0 aliphatic carbocycles. The van der Waals surface area contributed by atoms with Crippen LogP contribution >= 0.6 is 11.6 Å². The van der Waals surface area contributed by atoms with Gasteiger partial charge in [0, 0.05) is 23.9 Å². The Kier molecular flexibility index (Phi) is 7.97. The minimum absolute atomic E-state index is 0.0368. The van der Waals surface area contributed by atoms with Crippen molar-refractivity contribution in [2.75, 3.05) is 13.1 Å². The predicted octanol–water partition coefficient (Wildman–Crippen LogP) is 6.02. The largest absolute Gasteiger partial charge is 0.416 e. The van der Waals surface area contributed by atoms with Crippen LogP contribution in [-0.4, -0.2) is 35.2 Å². The second kappa shape index (κ2) is 10.8. The molecule has 2 aliphatic rings. The van der Waals surface area contributed by atoms with Crippen molar-refractivity contribution in [3.8, 4) is 0 Å². The van der Waals surface area contributed by atoms with Gasteiger partial charge >= 0.3 is 6.18 Å². The van der Waals surface area contributed by atoms with E-state index in [1.807, 2.05) is 24.3 Å². The molecule has 0 amide bonds. The summed E-state index contributed by atoms with van der Waals surface area (Å²) >= 11 is 5.98. The zero-order chi connectivity index (χ0) is 24.3. The number of alkyl halides is 3. The van der Waals surface area contributed by atoms with Gasteiger partial charge in [0.2, 0.25) is 0 Å². The maximum absolute atomic E-state index is 13.5. The monoisotopic (exact) mass is 495 g/mol. The van der Waals surface area contributed by atoms with Crippen LogP contribution in [0.3, 0.4) is 0 Å². The molecule has 2 aromatic carbocycles. The molecule has 2 unspecified atom stereocenters. The molecule has 8 heteroatoms. The molecule has 4 nitrogen and oxygen atoms in total. The Balaban J connectivity index is 1.43. The van der Waals surface area contributed by atoms with Crippen molar-refractivity contribution in [3.63, 3.8) is 0 Å². The van der Waals surface area contributed by atoms with Crippen LogP contribution in [-0.2, 0) is 22.3 Å². The summed E-state index contributed by atoms with van der Waals surface area (Å²) in [6, 6.07) is 12.5. The van der Waals surface area contributed by atoms with Crippen LogP contribution in [0.25, 0.3) is 0 Å². The molecule has 2 saturated heterocycles. The highest BCUT2D eigenvalue weighted by Crippen LogP contribution is 2.41. The lowest BCUT2D eigenvalue weighted by Crippen LogP contribution is -2.33. The van der Waals surface area contributed by atoms with Crippen LogP contribution in [0.4, 0.5) is 13.2 Å². The molecule has 0 saturated carbocycles. The molecule has 0 aromatic heterocycles. The third kappa shape index (κ3) is 6.19. The summed E-state index contributed by atoms with van der Waals surface area (Å²) in [5, 5.41) is 10.8. The van der Waals surface area contributed by atoms with Crippen molar-refractivity contribution >= 4 is 17.4 Å². The fourth-order valence-electron chi connectivity index (χ4n) is 5.01. The van der Waals surface area contributed by atoms with Crippen LogP contribution in [0, 0.1) is 11.8 Å². The van der Waals surface area contributed by atoms with Crippen molar-refractivity contribution in [3.05, 3.63) is 70.2 Å². The molecule has 0 radical (unpaired) electrons. The number of ether oxygens (including phenoxy) is 1. The fourth-order valence-corrected chi connectivity index (χ4v) is 5.14. The second-order valence-corrected chi connectivity index (χ2v) is 9.70. The van der Waals surface area contributed by atoms with E-state index in [2.05, 4.69) is 4.90 Å². The first-order chi connectivity index (χ1) is 16.2. The van der Waals surface area contributed by atoms with Gasteiger partial charge in [-0.15, -0.1) is 0 Å². The number of ketones is 1. The van der Waals surface area contributed by atoms with E-state index in [1.165, 1.54) is 17.7 Å². The number of nitrogens with zero attached hydrogens (tertiary/aromatic N) is 1. The Bertz CT molecular complexity index is 965. The molecule has 34 heavy (non-hydrogen) atoms. The predicted molar refractivity (Wildman–Crippen MR) is 123 cm³/mol. The third-order valence-corrected chi connectivity index (χ3v) is 7.10. The molecule has 2 aromatic rings. The van der Waals surface area contributed by atoms with Gasteiger partial charge in [-0.3, -0.25) is 9.69 Å². The molecule has 184 valence electrons. The average molecular weight is 496 g/mol. The van der Waals surface area contributed by atoms with E-state index in [0.29, 0.717) is 17.0 Å². The number of rotatable bonds is 5. The molecule has 2 fully saturated rings. The van der Waals surface area contributed by atoms with E-state index in [1.54, 1.807) is 0 Å². The minimum Gasteiger partial charge on any atom is -0.368 e. The summed E-state index contributed by atoms with van der Waals surface area (Å²) in [5.41, 5.74) is 0.902. The van der Waals surface area contributed by atoms with Gasteiger partial charge in [0.05, 0.1) is 17.6 Å². The Hall–Kier alpha value is -1.93. The van der Waals surface area contributed by atoms with Crippen LogP contribution < -0.4 is 0 Å². The van der Waals surface area contributed by atoms with E-state index in [9.17, 15) is 23.1 Å². The van der Waals surface area contributed by atoms with E-state index >= 15 is 0 Å². The lowest BCUT2D eigenvalue weighted by atomic mass is 9.81. The molecule has 0 spiro atoms. The highest BCUT2D eigenvalue weighted by Gasteiger charge is 2.42. The molecule has 0 bridgehead atoms. The van der Waals surface area contributed by atoms with E-state index in [-0.39, 0.29) is 18.1 Å². The molecule has 1 N–H and O–H groups in total. The van der Waals surface area contributed by atoms with Gasteiger partial charge in [-0.2, -0.15) is 13.2 Å². The number of aliphatic hydroxyl groups excluding tert-OH is 1. The Morgan fingerprint density at radius 3 is 2.41 bits per heavy atom. The smallest absolute Gasteiger partial charge is 0.368 e. The molecular formula is C26H29ClF3NO3. The summed E-state index contributed by atoms with van der Waals surface area (Å²) < 4.78 is 44.4. The first-order valence-corrected chi connectivity index (χ1v) is 12.1. The van der Waals surface area contributed by atoms with Crippen LogP contribution in [0.15, 0.2) is 48.5 Å². The maximum atomic E-state index is 13.5. The number of hydrogen-bond donors (Lipinski definition) is 1. The van der Waals surface area contributed by atoms with Gasteiger partial charge < -0.3 is 9.84 Å². The number of carbonyl (C=O) groups excluding carboxylic acids is 1. The van der Waals surface area contributed by atoms with Crippen LogP contribution in [0.2, 0.25) is 5.02 Å². The summed E-state index contributed by atoms with van der Waals surface area (Å²) in [6.45, 7) is 2.53. The van der Waals surface area contributed by atoms with Gasteiger partial charge in [0.25, 0.3) is 0 Å². The fraction of sp³-hybridized carbons (Fsp3) is 0.500. The Morgan fingerprint density at radius 2 is 1.74 bits per heavy atom. The van der Waals surface area contributed by atoms with Gasteiger partial charge in [0.1, 0.15) is 5.78 Å². The quantitative estimate of drug-likeness (QED) is 0.551. The highest BCUT2D eigenvalue weighted by molar-refractivity contribution is 6.30. The number of benzene rings is 2. The summed E-state index contributed by atoms with van der Waals surface area (Å²) in [6.07, 6.45) is -2.70. The molecular weight excluding hydrogens is 467 g/mol. The van der Waals surface area contributed by atoms with Gasteiger partial charge in [0.15, 0.2) is 6.29 Å². The van der Waals surface area contributed by atoms with Crippen molar-refractivity contribution in [2.45, 2.75) is 57.2 Å². The van der Waals surface area contributed by atoms with Crippen molar-refractivity contribution in [1.29, 1.82) is 0 Å². The number of carbonyl (C=O) groups is 1. The molecule has 2 heterocycles. The Morgan fingerprint density at radius 1 is 1.03 bits per heavy atom. The lowest BCUT2D eigenvalue weighted by molar-refractivity contribution is -0.138. The maximum Gasteiger partial charge on any atom is 0.416 e. The number of hydrogen-bond acceptors (Lipinski definition) is 4. The van der Waals surface area contributed by atoms with Crippen molar-refractivity contribution in [1.82, 2.24) is 4.90 Å². The van der Waals surface area contributed by atoms with E-state index < -0.39 is 30.1 Å². The van der Waals surface area contributed by atoms with Gasteiger partial charge in [-0.1, -0.05) is 42.3 Å². The normalized spacial score (nSPS) is 26.7. The number of aliphatic hydroxyl groups is 1. The topological polar surface area (TPSA) is 49.8 Å². The first-order valence-electron chi connectivity index (χ1n) is 11.7. The van der Waals surface area contributed by atoms with Gasteiger partial charge in [-0.05, 0) is 67.7 Å². The van der Waals surface area contributed by atoms with Crippen LogP contribution in [0.5, 0.6) is 0 Å².